The zero-order valence-corrected chi connectivity index (χ0v) is 7.89. The minimum atomic E-state index is -0.286. The molecule has 12 heavy (non-hydrogen) atoms. The van der Waals surface area contributed by atoms with Crippen LogP contribution in [-0.4, -0.2) is 24.6 Å². The Labute approximate surface area is 76.7 Å². The lowest BCUT2D eigenvalue weighted by Crippen LogP contribution is -1.97. The van der Waals surface area contributed by atoms with E-state index in [1.165, 1.54) is 24.5 Å². The summed E-state index contributed by atoms with van der Waals surface area (Å²) in [5.41, 5.74) is 1.22. The van der Waals surface area contributed by atoms with Crippen LogP contribution >= 0.6 is 11.8 Å². The van der Waals surface area contributed by atoms with E-state index in [0.717, 1.165) is 12.2 Å². The number of carbonyl (C=O) groups is 1. The Kier molecular flexibility index (Phi) is 3.94. The molecule has 0 fully saturated rings. The van der Waals surface area contributed by atoms with Crippen molar-refractivity contribution in [1.29, 1.82) is 0 Å². The van der Waals surface area contributed by atoms with Gasteiger partial charge in [-0.3, -0.25) is 0 Å². The molecule has 0 aromatic rings. The van der Waals surface area contributed by atoms with Gasteiger partial charge < -0.3 is 4.74 Å². The fraction of sp³-hybridized carbons (Fsp3) is 0.444. The molecule has 2 nitrogen and oxygen atoms in total. The van der Waals surface area contributed by atoms with Gasteiger partial charge in [-0.2, -0.15) is 11.8 Å². The van der Waals surface area contributed by atoms with E-state index >= 15 is 0 Å². The SMILES string of the molecule is COC(=O)/C=C/C1=CCCSC1. The first-order valence-electron chi connectivity index (χ1n) is 3.86. The second-order valence-corrected chi connectivity index (χ2v) is 3.58. The van der Waals surface area contributed by atoms with Crippen LogP contribution in [0.15, 0.2) is 23.8 Å². The smallest absolute Gasteiger partial charge is 0.330 e. The highest BCUT2D eigenvalue weighted by Gasteiger charge is 2.00. The number of methoxy groups -OCH3 is 1. The minimum absolute atomic E-state index is 0.286. The Morgan fingerprint density at radius 2 is 2.58 bits per heavy atom. The maximum atomic E-state index is 10.7. The van der Waals surface area contributed by atoms with Crippen LogP contribution in [0.4, 0.5) is 0 Å². The van der Waals surface area contributed by atoms with Gasteiger partial charge in [0.1, 0.15) is 0 Å². The lowest BCUT2D eigenvalue weighted by molar-refractivity contribution is -0.134. The Balaban J connectivity index is 2.43. The van der Waals surface area contributed by atoms with Crippen LogP contribution in [0.2, 0.25) is 0 Å². The summed E-state index contributed by atoms with van der Waals surface area (Å²) in [5.74, 6) is 1.91. The summed E-state index contributed by atoms with van der Waals surface area (Å²) < 4.78 is 4.48. The Bertz CT molecular complexity index is 219. The molecular formula is C9H12O2S. The Hall–Kier alpha value is -0.700. The fourth-order valence-electron chi connectivity index (χ4n) is 0.936. The van der Waals surface area contributed by atoms with Crippen molar-refractivity contribution in [1.82, 2.24) is 0 Å². The average molecular weight is 184 g/mol. The topological polar surface area (TPSA) is 26.3 Å². The molecule has 1 heterocycles. The summed E-state index contributed by atoms with van der Waals surface area (Å²) in [5, 5.41) is 0. The van der Waals surface area contributed by atoms with Gasteiger partial charge in [-0.15, -0.1) is 0 Å². The predicted molar refractivity (Wildman–Crippen MR) is 51.2 cm³/mol. The number of hydrogen-bond donors (Lipinski definition) is 0. The van der Waals surface area contributed by atoms with Crippen LogP contribution in [0, 0.1) is 0 Å². The lowest BCUT2D eigenvalue weighted by atomic mass is 10.2. The molecule has 0 saturated heterocycles. The molecule has 0 amide bonds. The molecule has 3 heteroatoms. The van der Waals surface area contributed by atoms with Gasteiger partial charge in [0, 0.05) is 11.8 Å². The van der Waals surface area contributed by atoms with Crippen LogP contribution in [0.3, 0.4) is 0 Å². The van der Waals surface area contributed by atoms with E-state index in [-0.39, 0.29) is 5.97 Å². The molecule has 1 rings (SSSR count). The molecule has 0 aromatic carbocycles. The molecule has 1 aliphatic heterocycles. The van der Waals surface area contributed by atoms with E-state index in [2.05, 4.69) is 10.8 Å². The van der Waals surface area contributed by atoms with Gasteiger partial charge in [-0.1, -0.05) is 12.2 Å². The zero-order valence-electron chi connectivity index (χ0n) is 7.08. The molecule has 0 aromatic heterocycles. The molecule has 0 aliphatic carbocycles. The molecule has 0 saturated carbocycles. The standard InChI is InChI=1S/C9H12O2S/c1-11-9(10)5-4-8-3-2-6-12-7-8/h3-5H,2,6-7H2,1H3/b5-4+. The van der Waals surface area contributed by atoms with Crippen molar-refractivity contribution in [2.24, 2.45) is 0 Å². The van der Waals surface area contributed by atoms with E-state index in [1.54, 1.807) is 0 Å². The van der Waals surface area contributed by atoms with E-state index in [4.69, 9.17) is 0 Å². The Morgan fingerprint density at radius 3 is 3.17 bits per heavy atom. The zero-order chi connectivity index (χ0) is 8.81. The third-order valence-corrected chi connectivity index (χ3v) is 2.63. The van der Waals surface area contributed by atoms with Gasteiger partial charge in [-0.05, 0) is 17.7 Å². The predicted octanol–water partition coefficient (Wildman–Crippen LogP) is 1.78. The van der Waals surface area contributed by atoms with Crippen molar-refractivity contribution in [3.8, 4) is 0 Å². The van der Waals surface area contributed by atoms with E-state index < -0.39 is 0 Å². The van der Waals surface area contributed by atoms with Crippen molar-refractivity contribution in [2.45, 2.75) is 6.42 Å². The second kappa shape index (κ2) is 5.04. The van der Waals surface area contributed by atoms with Crippen LogP contribution in [0.1, 0.15) is 6.42 Å². The molecule has 0 bridgehead atoms. The van der Waals surface area contributed by atoms with Crippen LogP contribution in [0.5, 0.6) is 0 Å². The van der Waals surface area contributed by atoms with E-state index in [1.807, 2.05) is 17.8 Å². The van der Waals surface area contributed by atoms with Gasteiger partial charge in [0.2, 0.25) is 0 Å². The molecule has 0 N–H and O–H groups in total. The highest BCUT2D eigenvalue weighted by molar-refractivity contribution is 7.99. The largest absolute Gasteiger partial charge is 0.466 e. The summed E-state index contributed by atoms with van der Waals surface area (Å²) in [7, 11) is 1.39. The molecule has 0 spiro atoms. The number of rotatable bonds is 2. The molecule has 0 unspecified atom stereocenters. The van der Waals surface area contributed by atoms with E-state index in [9.17, 15) is 4.79 Å². The highest BCUT2D eigenvalue weighted by Crippen LogP contribution is 2.17. The minimum Gasteiger partial charge on any atom is -0.466 e. The third kappa shape index (κ3) is 3.13. The number of ether oxygens (including phenoxy) is 1. The van der Waals surface area contributed by atoms with Gasteiger partial charge in [0.15, 0.2) is 0 Å². The first kappa shape index (κ1) is 9.39. The van der Waals surface area contributed by atoms with Crippen LogP contribution < -0.4 is 0 Å². The maximum absolute atomic E-state index is 10.7. The van der Waals surface area contributed by atoms with Crippen molar-refractivity contribution in [3.05, 3.63) is 23.8 Å². The molecule has 0 atom stereocenters. The first-order chi connectivity index (χ1) is 5.83. The molecule has 1 aliphatic rings. The van der Waals surface area contributed by atoms with Crippen molar-refractivity contribution >= 4 is 17.7 Å². The summed E-state index contributed by atoms with van der Waals surface area (Å²) >= 11 is 1.89. The fourth-order valence-corrected chi connectivity index (χ4v) is 1.81. The van der Waals surface area contributed by atoms with Gasteiger partial charge >= 0.3 is 5.97 Å². The molecule has 0 radical (unpaired) electrons. The highest BCUT2D eigenvalue weighted by atomic mass is 32.2. The first-order valence-corrected chi connectivity index (χ1v) is 5.01. The molecular weight excluding hydrogens is 172 g/mol. The van der Waals surface area contributed by atoms with Crippen LogP contribution in [-0.2, 0) is 9.53 Å². The number of allylic oxidation sites excluding steroid dienone is 2. The van der Waals surface area contributed by atoms with Gasteiger partial charge in [0.05, 0.1) is 7.11 Å². The summed E-state index contributed by atoms with van der Waals surface area (Å²) in [6, 6.07) is 0. The average Bonchev–Trinajstić information content (AvgIpc) is 2.16. The van der Waals surface area contributed by atoms with Gasteiger partial charge in [0.25, 0.3) is 0 Å². The van der Waals surface area contributed by atoms with Gasteiger partial charge in [-0.25, -0.2) is 4.79 Å². The number of carbonyl (C=O) groups excluding carboxylic acids is 1. The van der Waals surface area contributed by atoms with E-state index in [0.29, 0.717) is 0 Å². The van der Waals surface area contributed by atoms with Crippen molar-refractivity contribution < 1.29 is 9.53 Å². The quantitative estimate of drug-likeness (QED) is 0.483. The number of thioether (sulfide) groups is 1. The third-order valence-electron chi connectivity index (χ3n) is 1.57. The monoisotopic (exact) mass is 184 g/mol. The number of hydrogen-bond acceptors (Lipinski definition) is 3. The summed E-state index contributed by atoms with van der Waals surface area (Å²) in [6.07, 6.45) is 6.57. The normalized spacial score (nSPS) is 17.6. The number of esters is 1. The van der Waals surface area contributed by atoms with Crippen molar-refractivity contribution in [2.75, 3.05) is 18.6 Å². The lowest BCUT2D eigenvalue weighted by Gasteiger charge is -2.07. The maximum Gasteiger partial charge on any atom is 0.330 e. The van der Waals surface area contributed by atoms with Crippen molar-refractivity contribution in [3.63, 3.8) is 0 Å². The van der Waals surface area contributed by atoms with Crippen LogP contribution in [0.25, 0.3) is 0 Å². The Morgan fingerprint density at radius 1 is 1.75 bits per heavy atom. The summed E-state index contributed by atoms with van der Waals surface area (Å²) in [4.78, 5) is 10.7. The summed E-state index contributed by atoms with van der Waals surface area (Å²) in [6.45, 7) is 0. The molecule has 66 valence electrons. The second-order valence-electron chi connectivity index (χ2n) is 2.48.